The molecule has 1 rings (SSSR count). The zero-order valence-corrected chi connectivity index (χ0v) is 10.6. The molecule has 0 saturated heterocycles. The van der Waals surface area contributed by atoms with E-state index in [1.165, 1.54) is 11.5 Å². The van der Waals surface area contributed by atoms with E-state index < -0.39 is 0 Å². The van der Waals surface area contributed by atoms with Gasteiger partial charge in [0.1, 0.15) is 10.7 Å². The van der Waals surface area contributed by atoms with E-state index in [-0.39, 0.29) is 0 Å². The third-order valence-corrected chi connectivity index (χ3v) is 2.92. The largest absolute Gasteiger partial charge is 0.377 e. The molecule has 0 aliphatic heterocycles. The molecule has 0 aliphatic carbocycles. The molecule has 0 bridgehead atoms. The Balaban J connectivity index is 2.40. The lowest BCUT2D eigenvalue weighted by Gasteiger charge is -2.18. The predicted octanol–water partition coefficient (Wildman–Crippen LogP) is 0.573. The van der Waals surface area contributed by atoms with Crippen molar-refractivity contribution in [3.63, 3.8) is 0 Å². The Morgan fingerprint density at radius 2 is 2.00 bits per heavy atom. The summed E-state index contributed by atoms with van der Waals surface area (Å²) in [7, 11) is 8.16. The van der Waals surface area contributed by atoms with Gasteiger partial charge < -0.3 is 10.2 Å². The molecule has 0 saturated carbocycles. The fourth-order valence-electron chi connectivity index (χ4n) is 1.21. The Bertz CT molecular complexity index is 286. The van der Waals surface area contributed by atoms with Gasteiger partial charge in [-0.1, -0.05) is 4.49 Å². The highest BCUT2D eigenvalue weighted by Gasteiger charge is 2.08. The molecule has 86 valence electrons. The minimum atomic E-state index is 0.848. The van der Waals surface area contributed by atoms with Gasteiger partial charge in [-0.15, -0.1) is 5.10 Å². The van der Waals surface area contributed by atoms with E-state index in [4.69, 9.17) is 0 Å². The van der Waals surface area contributed by atoms with Gasteiger partial charge in [0.05, 0.1) is 0 Å². The van der Waals surface area contributed by atoms with E-state index in [0.717, 1.165) is 30.3 Å². The van der Waals surface area contributed by atoms with E-state index in [0.29, 0.717) is 0 Å². The summed E-state index contributed by atoms with van der Waals surface area (Å²) in [4.78, 5) is 4.42. The molecule has 0 unspecified atom stereocenters. The van der Waals surface area contributed by atoms with Crippen LogP contribution in [0.2, 0.25) is 0 Å². The molecule has 0 amide bonds. The van der Waals surface area contributed by atoms with Crippen LogP contribution in [0.15, 0.2) is 0 Å². The summed E-state index contributed by atoms with van der Waals surface area (Å²) in [6.45, 7) is 2.94. The van der Waals surface area contributed by atoms with Crippen molar-refractivity contribution in [1.29, 1.82) is 0 Å². The molecule has 1 aromatic rings. The van der Waals surface area contributed by atoms with E-state index in [2.05, 4.69) is 45.8 Å². The average Bonchev–Trinajstić information content (AvgIpc) is 2.62. The molecule has 1 heterocycles. The number of nitrogens with zero attached hydrogens (tertiary/aromatic N) is 4. The lowest BCUT2D eigenvalue weighted by molar-refractivity contribution is 0.274. The summed E-state index contributed by atoms with van der Waals surface area (Å²) in [5.74, 6) is 0. The second kappa shape index (κ2) is 5.99. The van der Waals surface area contributed by atoms with Crippen LogP contribution in [0.5, 0.6) is 0 Å². The third-order valence-electron chi connectivity index (χ3n) is 2.13. The molecule has 0 spiro atoms. The van der Waals surface area contributed by atoms with Crippen LogP contribution in [-0.4, -0.2) is 60.7 Å². The van der Waals surface area contributed by atoms with Gasteiger partial charge in [-0.05, 0) is 21.1 Å². The van der Waals surface area contributed by atoms with Crippen LogP contribution in [0.4, 0.5) is 5.00 Å². The fraction of sp³-hybridized carbons (Fsp3) is 0.778. The quantitative estimate of drug-likeness (QED) is 0.773. The minimum absolute atomic E-state index is 0.848. The van der Waals surface area contributed by atoms with Gasteiger partial charge in [0.2, 0.25) is 0 Å². The van der Waals surface area contributed by atoms with Crippen molar-refractivity contribution in [2.75, 3.05) is 46.6 Å². The van der Waals surface area contributed by atoms with Crippen molar-refractivity contribution in [3.8, 4) is 0 Å². The van der Waals surface area contributed by atoms with Crippen LogP contribution < -0.4 is 5.32 Å². The Hall–Kier alpha value is -0.720. The summed E-state index contributed by atoms with van der Waals surface area (Å²) in [6.07, 6.45) is 0. The SMILES string of the molecule is CNc1snnc1CN(C)CCN(C)C. The summed E-state index contributed by atoms with van der Waals surface area (Å²) < 4.78 is 3.93. The Morgan fingerprint density at radius 3 is 2.60 bits per heavy atom. The molecule has 15 heavy (non-hydrogen) atoms. The Kier molecular flexibility index (Phi) is 4.93. The fourth-order valence-corrected chi connectivity index (χ4v) is 1.73. The van der Waals surface area contributed by atoms with Crippen LogP contribution in [0, 0.1) is 0 Å². The van der Waals surface area contributed by atoms with Crippen molar-refractivity contribution in [2.24, 2.45) is 0 Å². The van der Waals surface area contributed by atoms with Crippen LogP contribution >= 0.6 is 11.5 Å². The van der Waals surface area contributed by atoms with Crippen LogP contribution in [0.1, 0.15) is 5.69 Å². The number of likely N-dealkylation sites (N-methyl/N-ethyl adjacent to an activating group) is 2. The summed E-state index contributed by atoms with van der Waals surface area (Å²) in [5, 5.41) is 8.27. The highest BCUT2D eigenvalue weighted by Crippen LogP contribution is 2.17. The number of nitrogens with one attached hydrogen (secondary N) is 1. The normalized spacial score (nSPS) is 11.3. The van der Waals surface area contributed by atoms with Crippen molar-refractivity contribution < 1.29 is 0 Å². The van der Waals surface area contributed by atoms with Crippen LogP contribution in [0.3, 0.4) is 0 Å². The van der Waals surface area contributed by atoms with Crippen molar-refractivity contribution in [1.82, 2.24) is 19.4 Å². The topological polar surface area (TPSA) is 44.3 Å². The molecule has 1 aromatic heterocycles. The van der Waals surface area contributed by atoms with Crippen molar-refractivity contribution in [2.45, 2.75) is 6.54 Å². The lowest BCUT2D eigenvalue weighted by Crippen LogP contribution is -2.28. The number of aromatic nitrogens is 2. The van der Waals surface area contributed by atoms with E-state index in [1.54, 1.807) is 0 Å². The van der Waals surface area contributed by atoms with Gasteiger partial charge in [0.25, 0.3) is 0 Å². The third kappa shape index (κ3) is 4.11. The zero-order chi connectivity index (χ0) is 11.3. The van der Waals surface area contributed by atoms with E-state index in [9.17, 15) is 0 Å². The van der Waals surface area contributed by atoms with Crippen LogP contribution in [-0.2, 0) is 6.54 Å². The van der Waals surface area contributed by atoms with Gasteiger partial charge in [-0.25, -0.2) is 0 Å². The van der Waals surface area contributed by atoms with Crippen molar-refractivity contribution in [3.05, 3.63) is 5.69 Å². The molecule has 0 aromatic carbocycles. The maximum atomic E-state index is 4.10. The molecule has 1 N–H and O–H groups in total. The number of anilines is 1. The Labute approximate surface area is 95.2 Å². The second-order valence-corrected chi connectivity index (χ2v) is 4.59. The molecular formula is C9H19N5S. The van der Waals surface area contributed by atoms with E-state index >= 15 is 0 Å². The maximum Gasteiger partial charge on any atom is 0.134 e. The first-order valence-corrected chi connectivity index (χ1v) is 5.73. The van der Waals surface area contributed by atoms with Gasteiger partial charge in [-0.3, -0.25) is 4.90 Å². The summed E-state index contributed by atoms with van der Waals surface area (Å²) in [6, 6.07) is 0. The first-order chi connectivity index (χ1) is 7.13. The molecule has 0 atom stereocenters. The number of hydrogen-bond donors (Lipinski definition) is 1. The van der Waals surface area contributed by atoms with E-state index in [1.807, 2.05) is 7.05 Å². The number of hydrogen-bond acceptors (Lipinski definition) is 6. The van der Waals surface area contributed by atoms with Crippen molar-refractivity contribution >= 4 is 16.5 Å². The standard InChI is InChI=1S/C9H19N5S/c1-10-9-8(11-12-15-9)7-14(4)6-5-13(2)3/h10H,5-7H2,1-4H3. The van der Waals surface area contributed by atoms with Crippen LogP contribution in [0.25, 0.3) is 0 Å². The van der Waals surface area contributed by atoms with Gasteiger partial charge >= 0.3 is 0 Å². The highest BCUT2D eigenvalue weighted by molar-refractivity contribution is 7.10. The Morgan fingerprint density at radius 1 is 1.27 bits per heavy atom. The predicted molar refractivity (Wildman–Crippen MR) is 64.3 cm³/mol. The molecule has 5 nitrogen and oxygen atoms in total. The molecule has 0 radical (unpaired) electrons. The minimum Gasteiger partial charge on any atom is -0.377 e. The smallest absolute Gasteiger partial charge is 0.134 e. The second-order valence-electron chi connectivity index (χ2n) is 3.84. The summed E-state index contributed by atoms with van der Waals surface area (Å²) >= 11 is 1.41. The molecule has 6 heteroatoms. The highest BCUT2D eigenvalue weighted by atomic mass is 32.1. The lowest BCUT2D eigenvalue weighted by atomic mass is 10.4. The first kappa shape index (κ1) is 12.4. The first-order valence-electron chi connectivity index (χ1n) is 4.95. The molecule has 0 aliphatic rings. The zero-order valence-electron chi connectivity index (χ0n) is 9.82. The average molecular weight is 229 g/mol. The molecular weight excluding hydrogens is 210 g/mol. The van der Waals surface area contributed by atoms with Gasteiger partial charge in [0, 0.05) is 38.2 Å². The maximum absolute atomic E-state index is 4.10. The monoisotopic (exact) mass is 229 g/mol. The van der Waals surface area contributed by atoms with Gasteiger partial charge in [-0.2, -0.15) is 0 Å². The van der Waals surface area contributed by atoms with Gasteiger partial charge in [0.15, 0.2) is 0 Å². The number of rotatable bonds is 6. The molecule has 0 fully saturated rings. The summed E-state index contributed by atoms with van der Waals surface area (Å²) in [5.41, 5.74) is 1.03.